The molecule has 0 unspecified atom stereocenters. The Labute approximate surface area is 388 Å². The molecule has 0 bridgehead atoms. The van der Waals surface area contributed by atoms with Gasteiger partial charge < -0.3 is 8.98 Å². The molecule has 3 aromatic heterocycles. The van der Waals surface area contributed by atoms with Gasteiger partial charge in [0.25, 0.3) is 0 Å². The Morgan fingerprint density at radius 1 is 0.635 bits per heavy atom. The monoisotopic (exact) mass is 1060 g/mol. The first-order valence-electron chi connectivity index (χ1n) is 22.0. The number of para-hydroxylation sites is 2. The second-order valence-electron chi connectivity index (χ2n) is 19.3. The molecule has 0 saturated carbocycles. The van der Waals surface area contributed by atoms with Gasteiger partial charge in [-0.15, -0.1) is 18.2 Å². The fraction of sp³-hybridized carbons (Fsp3) is 0.228. The van der Waals surface area contributed by atoms with E-state index in [-0.39, 0.29) is 25.5 Å². The summed E-state index contributed by atoms with van der Waals surface area (Å²) >= 11 is -1.72. The van der Waals surface area contributed by atoms with E-state index in [1.54, 1.807) is 0 Å². The summed E-state index contributed by atoms with van der Waals surface area (Å²) in [6.45, 7) is 16.1. The molecule has 63 heavy (non-hydrogen) atoms. The third-order valence-corrected chi connectivity index (χ3v) is 16.5. The average Bonchev–Trinajstić information content (AvgIpc) is 3.85. The van der Waals surface area contributed by atoms with Crippen molar-refractivity contribution in [1.29, 1.82) is 0 Å². The molecule has 0 N–H and O–H groups in total. The SMILES string of the molecule is CC(C)c1cc(C(C)(C)C)cc(C(C)C)c1-n1c(-c2[c-]ccc3c2oc2c3ccc3c4ccccc4ccc32)nc2ccccc21.[CH3][Ge]([CH3])([CH3])[c]1ccc(-c2[c-]cccc2)nc1.[Ir]. The fourth-order valence-electron chi connectivity index (χ4n) is 8.67. The van der Waals surface area contributed by atoms with Gasteiger partial charge in [0.15, 0.2) is 0 Å². The minimum absolute atomic E-state index is 0. The van der Waals surface area contributed by atoms with Crippen LogP contribution in [0.5, 0.6) is 0 Å². The van der Waals surface area contributed by atoms with Crippen LogP contribution >= 0.6 is 0 Å². The minimum Gasteiger partial charge on any atom is 0 e. The van der Waals surface area contributed by atoms with E-state index in [2.05, 4.69) is 191 Å². The number of aromatic nitrogens is 3. The smallest absolute Gasteiger partial charge is 0 e. The summed E-state index contributed by atoms with van der Waals surface area (Å²) in [5.74, 6) is 8.63. The van der Waals surface area contributed by atoms with Gasteiger partial charge in [-0.05, 0) is 62.2 Å². The van der Waals surface area contributed by atoms with Crippen LogP contribution in [0, 0.1) is 12.1 Å². The van der Waals surface area contributed by atoms with E-state index in [0.717, 1.165) is 61.0 Å². The summed E-state index contributed by atoms with van der Waals surface area (Å²) in [6.07, 6.45) is 2.04. The van der Waals surface area contributed by atoms with Gasteiger partial charge in [0.05, 0.1) is 22.4 Å². The molecular weight excluding hydrogens is 1010 g/mol. The van der Waals surface area contributed by atoms with E-state index < -0.39 is 13.3 Å². The Balaban J connectivity index is 0.000000271. The Hall–Kier alpha value is -5.33. The number of fused-ring (bicyclic) bond motifs is 8. The Morgan fingerprint density at radius 3 is 1.95 bits per heavy atom. The quantitative estimate of drug-likeness (QED) is 0.0947. The molecule has 319 valence electrons. The number of nitrogens with zero attached hydrogens (tertiary/aromatic N) is 3. The topological polar surface area (TPSA) is 43.9 Å². The van der Waals surface area contributed by atoms with E-state index in [1.165, 1.54) is 42.9 Å². The third kappa shape index (κ3) is 8.32. The van der Waals surface area contributed by atoms with Gasteiger partial charge in [0.1, 0.15) is 5.58 Å². The first-order valence-corrected chi connectivity index (χ1v) is 29.3. The number of hydrogen-bond donors (Lipinski definition) is 0. The molecule has 0 saturated heterocycles. The van der Waals surface area contributed by atoms with Crippen molar-refractivity contribution in [2.75, 3.05) is 0 Å². The van der Waals surface area contributed by atoms with Crippen molar-refractivity contribution in [3.63, 3.8) is 0 Å². The maximum absolute atomic E-state index is 6.92. The van der Waals surface area contributed by atoms with Gasteiger partial charge in [0, 0.05) is 36.6 Å². The van der Waals surface area contributed by atoms with Crippen LogP contribution in [-0.4, -0.2) is 27.8 Å². The molecule has 10 rings (SSSR count). The van der Waals surface area contributed by atoms with Gasteiger partial charge in [-0.25, -0.2) is 0 Å². The summed E-state index contributed by atoms with van der Waals surface area (Å²) in [5.41, 5.74) is 12.0. The molecule has 6 heteroatoms. The zero-order valence-electron chi connectivity index (χ0n) is 38.0. The molecular formula is C57H55GeIrN3O-2. The van der Waals surface area contributed by atoms with Crippen molar-refractivity contribution >= 4 is 72.2 Å². The number of benzene rings is 7. The third-order valence-electron chi connectivity index (χ3n) is 12.2. The zero-order chi connectivity index (χ0) is 43.5. The van der Waals surface area contributed by atoms with Crippen molar-refractivity contribution in [2.24, 2.45) is 0 Å². The fourth-order valence-corrected chi connectivity index (χ4v) is 10.8. The molecule has 0 amide bonds. The maximum Gasteiger partial charge on any atom is 0 e. The van der Waals surface area contributed by atoms with Crippen LogP contribution in [0.4, 0.5) is 0 Å². The van der Waals surface area contributed by atoms with Crippen LogP contribution in [0.3, 0.4) is 0 Å². The summed E-state index contributed by atoms with van der Waals surface area (Å²) in [5, 5.41) is 6.97. The first kappa shape index (κ1) is 44.3. The normalized spacial score (nSPS) is 12.1. The summed E-state index contributed by atoms with van der Waals surface area (Å²) in [6, 6.07) is 53.9. The molecule has 1 radical (unpaired) electrons. The van der Waals surface area contributed by atoms with E-state index in [1.807, 2.05) is 36.5 Å². The summed E-state index contributed by atoms with van der Waals surface area (Å²) in [7, 11) is 0. The second-order valence-corrected chi connectivity index (χ2v) is 30.0. The van der Waals surface area contributed by atoms with Crippen molar-refractivity contribution in [3.8, 4) is 28.3 Å². The molecule has 0 aliphatic carbocycles. The molecule has 3 heterocycles. The van der Waals surface area contributed by atoms with Crippen LogP contribution in [-0.2, 0) is 25.5 Å². The van der Waals surface area contributed by atoms with Crippen molar-refractivity contribution in [3.05, 3.63) is 168 Å². The van der Waals surface area contributed by atoms with Gasteiger partial charge >= 0.3 is 99.8 Å². The van der Waals surface area contributed by atoms with Crippen molar-refractivity contribution in [1.82, 2.24) is 14.5 Å². The summed E-state index contributed by atoms with van der Waals surface area (Å²) in [4.78, 5) is 9.86. The predicted octanol–water partition coefficient (Wildman–Crippen LogP) is 15.3. The molecule has 0 aliphatic heterocycles. The Bertz CT molecular complexity index is 3230. The standard InChI is InChI=1S/C43H39N2O.C14H16GeN.Ir/c1-25(2)35-23-28(43(5,6)7)24-36(26(3)4)39(35)45-38-18-11-10-17-37(38)44-42(45)34-16-12-15-31-33-22-21-30-29-14-9-8-13-27(29)19-20-32(30)40(33)46-41(31)34;1-15(2,3)13-9-10-14(16-11-13)12-7-5-4-6-8-12;/h8-15,17-26H,1-7H3;4-7,9-11H,1-3H3;/q2*-1;. The summed E-state index contributed by atoms with van der Waals surface area (Å²) < 4.78 is 10.8. The molecule has 0 fully saturated rings. The Morgan fingerprint density at radius 2 is 1.29 bits per heavy atom. The number of imidazole rings is 1. The molecule has 0 spiro atoms. The number of pyridine rings is 1. The van der Waals surface area contributed by atoms with Crippen LogP contribution < -0.4 is 4.40 Å². The minimum atomic E-state index is -1.72. The van der Waals surface area contributed by atoms with Gasteiger partial charge in [-0.3, -0.25) is 4.98 Å². The van der Waals surface area contributed by atoms with Crippen LogP contribution in [0.2, 0.25) is 17.3 Å². The second kappa shape index (κ2) is 17.3. The zero-order valence-corrected chi connectivity index (χ0v) is 42.5. The van der Waals surface area contributed by atoms with Crippen molar-refractivity contribution < 1.29 is 24.5 Å². The molecule has 0 aliphatic rings. The number of hydrogen-bond acceptors (Lipinski definition) is 3. The van der Waals surface area contributed by atoms with E-state index in [0.29, 0.717) is 11.8 Å². The van der Waals surface area contributed by atoms with E-state index in [9.17, 15) is 0 Å². The largest absolute Gasteiger partial charge is 0 e. The van der Waals surface area contributed by atoms with Crippen LogP contribution in [0.15, 0.2) is 144 Å². The molecule has 10 aromatic rings. The Kier molecular flexibility index (Phi) is 12.2. The van der Waals surface area contributed by atoms with Gasteiger partial charge in [-0.1, -0.05) is 132 Å². The molecule has 0 atom stereocenters. The van der Waals surface area contributed by atoms with Crippen molar-refractivity contribution in [2.45, 2.75) is 83.0 Å². The molecule has 7 aromatic carbocycles. The molecule has 4 nitrogen and oxygen atoms in total. The maximum atomic E-state index is 6.92. The first-order chi connectivity index (χ1) is 29.7. The number of furan rings is 1. The predicted molar refractivity (Wildman–Crippen MR) is 266 cm³/mol. The van der Waals surface area contributed by atoms with Crippen LogP contribution in [0.1, 0.15) is 77.0 Å². The number of rotatable bonds is 6. The average molecular weight is 1060 g/mol. The van der Waals surface area contributed by atoms with Gasteiger partial charge in [-0.2, -0.15) is 0 Å². The van der Waals surface area contributed by atoms with Crippen LogP contribution in [0.25, 0.3) is 82.8 Å². The van der Waals surface area contributed by atoms with E-state index >= 15 is 0 Å². The van der Waals surface area contributed by atoms with E-state index in [4.69, 9.17) is 9.40 Å². The van der Waals surface area contributed by atoms with Gasteiger partial charge in [0.2, 0.25) is 0 Å².